The van der Waals surface area contributed by atoms with Gasteiger partial charge in [0.2, 0.25) is 15.9 Å². The van der Waals surface area contributed by atoms with Crippen molar-refractivity contribution < 1.29 is 31.9 Å². The number of sulfonamides is 1. The minimum Gasteiger partial charge on any atom is -0.481 e. The molecule has 7 nitrogen and oxygen atoms in total. The summed E-state index contributed by atoms with van der Waals surface area (Å²) in [4.78, 5) is 19.9. The zero-order valence-corrected chi connectivity index (χ0v) is 13.4. The van der Waals surface area contributed by atoms with Gasteiger partial charge in [0.15, 0.2) is 10.7 Å². The van der Waals surface area contributed by atoms with Crippen molar-refractivity contribution in [1.82, 2.24) is 4.72 Å². The first-order valence-electron chi connectivity index (χ1n) is 6.22. The Labute approximate surface area is 135 Å². The predicted octanol–water partition coefficient (Wildman–Crippen LogP) is 1.72. The largest absolute Gasteiger partial charge is 0.481 e. The fourth-order valence-corrected chi connectivity index (χ4v) is 3.09. The van der Waals surface area contributed by atoms with Crippen molar-refractivity contribution in [2.45, 2.75) is 24.7 Å². The van der Waals surface area contributed by atoms with Gasteiger partial charge in [-0.3, -0.25) is 9.59 Å². The second-order valence-corrected chi connectivity index (χ2v) is 6.52. The monoisotopic (exact) mass is 370 g/mol. The summed E-state index contributed by atoms with van der Waals surface area (Å²) in [5.74, 6) is -4.78. The SMILES string of the molecule is CC(=O)Nc1cc(F)c(S(=O)(=O)NCCCC(=O)O)c(F)c1Cl. The second kappa shape index (κ2) is 7.66. The summed E-state index contributed by atoms with van der Waals surface area (Å²) in [6, 6.07) is 0.582. The minimum atomic E-state index is -4.58. The summed E-state index contributed by atoms with van der Waals surface area (Å²) in [6.45, 7) is 0.763. The van der Waals surface area contributed by atoms with E-state index in [9.17, 15) is 26.8 Å². The molecule has 1 aromatic rings. The average molecular weight is 371 g/mol. The molecular weight excluding hydrogens is 358 g/mol. The van der Waals surface area contributed by atoms with Gasteiger partial charge in [-0.1, -0.05) is 11.6 Å². The molecule has 0 unspecified atom stereocenters. The lowest BCUT2D eigenvalue weighted by Crippen LogP contribution is -2.27. The van der Waals surface area contributed by atoms with E-state index in [2.05, 4.69) is 5.32 Å². The molecule has 1 aromatic carbocycles. The first kappa shape index (κ1) is 19.3. The van der Waals surface area contributed by atoms with Crippen LogP contribution in [0.1, 0.15) is 19.8 Å². The lowest BCUT2D eigenvalue weighted by atomic mass is 10.3. The Hall–Kier alpha value is -1.78. The maximum atomic E-state index is 14.1. The van der Waals surface area contributed by atoms with Crippen molar-refractivity contribution in [2.75, 3.05) is 11.9 Å². The summed E-state index contributed by atoms with van der Waals surface area (Å²) in [5, 5.41) is 9.75. The highest BCUT2D eigenvalue weighted by molar-refractivity contribution is 7.89. The number of carboxylic acids is 1. The number of rotatable bonds is 7. The van der Waals surface area contributed by atoms with Gasteiger partial charge in [-0.05, 0) is 6.42 Å². The molecule has 0 atom stereocenters. The Morgan fingerprint density at radius 1 is 1.35 bits per heavy atom. The van der Waals surface area contributed by atoms with E-state index in [1.165, 1.54) is 0 Å². The van der Waals surface area contributed by atoms with E-state index in [0.717, 1.165) is 6.92 Å². The number of carboxylic acid groups (broad SMARTS) is 1. The highest BCUT2D eigenvalue weighted by Gasteiger charge is 2.28. The molecular formula is C12H13ClF2N2O5S. The van der Waals surface area contributed by atoms with Crippen LogP contribution in [0.5, 0.6) is 0 Å². The van der Waals surface area contributed by atoms with Crippen LogP contribution in [0.25, 0.3) is 0 Å². The zero-order chi connectivity index (χ0) is 17.8. The quantitative estimate of drug-likeness (QED) is 0.499. The molecule has 0 spiro atoms. The van der Waals surface area contributed by atoms with Gasteiger partial charge < -0.3 is 10.4 Å². The molecule has 23 heavy (non-hydrogen) atoms. The Kier molecular flexibility index (Phi) is 6.42. The third kappa shape index (κ3) is 5.12. The van der Waals surface area contributed by atoms with Crippen LogP contribution in [0, 0.1) is 11.6 Å². The summed E-state index contributed by atoms with van der Waals surface area (Å²) >= 11 is 5.60. The number of carbonyl (C=O) groups excluding carboxylic acids is 1. The van der Waals surface area contributed by atoms with Gasteiger partial charge in [0.05, 0.1) is 5.69 Å². The topological polar surface area (TPSA) is 113 Å². The van der Waals surface area contributed by atoms with Crippen LogP contribution in [0.3, 0.4) is 0 Å². The molecule has 0 fully saturated rings. The smallest absolute Gasteiger partial charge is 0.303 e. The third-order valence-electron chi connectivity index (χ3n) is 2.56. The van der Waals surface area contributed by atoms with Crippen molar-refractivity contribution in [3.05, 3.63) is 22.7 Å². The summed E-state index contributed by atoms with van der Waals surface area (Å²) in [6.07, 6.45) is -0.370. The molecule has 0 bridgehead atoms. The number of hydrogen-bond acceptors (Lipinski definition) is 4. The maximum Gasteiger partial charge on any atom is 0.303 e. The molecule has 128 valence electrons. The fourth-order valence-electron chi connectivity index (χ4n) is 1.62. The highest BCUT2D eigenvalue weighted by Crippen LogP contribution is 2.32. The van der Waals surface area contributed by atoms with E-state index in [4.69, 9.17) is 16.7 Å². The number of anilines is 1. The van der Waals surface area contributed by atoms with E-state index in [0.29, 0.717) is 6.07 Å². The molecule has 3 N–H and O–H groups in total. The molecule has 1 rings (SSSR count). The number of nitrogens with one attached hydrogen (secondary N) is 2. The molecule has 0 radical (unpaired) electrons. The van der Waals surface area contributed by atoms with Gasteiger partial charge in [0.1, 0.15) is 10.8 Å². The second-order valence-electron chi connectivity index (χ2n) is 4.44. The van der Waals surface area contributed by atoms with E-state index in [1.54, 1.807) is 0 Å². The molecule has 0 aliphatic carbocycles. The van der Waals surface area contributed by atoms with Gasteiger partial charge in [-0.25, -0.2) is 21.9 Å². The minimum absolute atomic E-state index is 0.0600. The molecule has 0 aliphatic rings. The number of amides is 1. The van der Waals surface area contributed by atoms with Gasteiger partial charge >= 0.3 is 5.97 Å². The number of hydrogen-bond donors (Lipinski definition) is 3. The maximum absolute atomic E-state index is 14.1. The van der Waals surface area contributed by atoms with E-state index >= 15 is 0 Å². The van der Waals surface area contributed by atoms with Crippen LogP contribution in [0.15, 0.2) is 11.0 Å². The Balaban J connectivity index is 3.09. The summed E-state index contributed by atoms with van der Waals surface area (Å²) < 4.78 is 53.7. The first-order chi connectivity index (χ1) is 10.6. The number of carbonyl (C=O) groups is 2. The van der Waals surface area contributed by atoms with Crippen LogP contribution in [-0.4, -0.2) is 31.9 Å². The number of aliphatic carboxylic acids is 1. The van der Waals surface area contributed by atoms with Gasteiger partial charge in [0, 0.05) is 26.0 Å². The average Bonchev–Trinajstić information content (AvgIpc) is 2.39. The standard InChI is InChI=1S/C12H13ClF2N2O5S/c1-6(18)17-8-5-7(14)12(11(15)10(8)13)23(21,22)16-4-2-3-9(19)20/h5,16H,2-4H2,1H3,(H,17,18)(H,19,20). The van der Waals surface area contributed by atoms with Crippen LogP contribution in [-0.2, 0) is 19.6 Å². The molecule has 11 heteroatoms. The van der Waals surface area contributed by atoms with Crippen molar-refractivity contribution in [3.63, 3.8) is 0 Å². The van der Waals surface area contributed by atoms with Gasteiger partial charge in [-0.15, -0.1) is 0 Å². The van der Waals surface area contributed by atoms with Crippen molar-refractivity contribution >= 4 is 39.2 Å². The van der Waals surface area contributed by atoms with Crippen LogP contribution >= 0.6 is 11.6 Å². The molecule has 0 aliphatic heterocycles. The van der Waals surface area contributed by atoms with Crippen molar-refractivity contribution in [2.24, 2.45) is 0 Å². The van der Waals surface area contributed by atoms with Crippen molar-refractivity contribution in [1.29, 1.82) is 0 Å². The van der Waals surface area contributed by atoms with E-state index in [-0.39, 0.29) is 19.4 Å². The predicted molar refractivity (Wildman–Crippen MR) is 77.7 cm³/mol. The van der Waals surface area contributed by atoms with E-state index < -0.39 is 49.1 Å². The first-order valence-corrected chi connectivity index (χ1v) is 8.09. The lowest BCUT2D eigenvalue weighted by Gasteiger charge is -2.12. The highest BCUT2D eigenvalue weighted by atomic mass is 35.5. The van der Waals surface area contributed by atoms with Crippen LogP contribution in [0.2, 0.25) is 5.02 Å². The van der Waals surface area contributed by atoms with Crippen LogP contribution < -0.4 is 10.0 Å². The zero-order valence-electron chi connectivity index (χ0n) is 11.8. The molecule has 0 saturated carbocycles. The molecule has 1 amide bonds. The third-order valence-corrected chi connectivity index (χ3v) is 4.42. The normalized spacial score (nSPS) is 11.3. The van der Waals surface area contributed by atoms with Gasteiger partial charge in [0.25, 0.3) is 0 Å². The summed E-state index contributed by atoms with van der Waals surface area (Å²) in [7, 11) is -4.58. The molecule has 0 aromatic heterocycles. The lowest BCUT2D eigenvalue weighted by molar-refractivity contribution is -0.137. The molecule has 0 saturated heterocycles. The Morgan fingerprint density at radius 3 is 2.48 bits per heavy atom. The molecule has 0 heterocycles. The Bertz CT molecular complexity index is 739. The Morgan fingerprint density at radius 2 is 1.96 bits per heavy atom. The van der Waals surface area contributed by atoms with Gasteiger partial charge in [-0.2, -0.15) is 0 Å². The van der Waals surface area contributed by atoms with Crippen LogP contribution in [0.4, 0.5) is 14.5 Å². The van der Waals surface area contributed by atoms with Crippen molar-refractivity contribution in [3.8, 4) is 0 Å². The van der Waals surface area contributed by atoms with E-state index in [1.807, 2.05) is 4.72 Å². The number of benzene rings is 1. The summed E-state index contributed by atoms with van der Waals surface area (Å²) in [5.41, 5.74) is -0.404. The number of halogens is 3. The fraction of sp³-hybridized carbons (Fsp3) is 0.333.